The summed E-state index contributed by atoms with van der Waals surface area (Å²) in [5.74, 6) is 0.559. The summed E-state index contributed by atoms with van der Waals surface area (Å²) in [6.45, 7) is 5.11. The lowest BCUT2D eigenvalue weighted by molar-refractivity contribution is 0.412. The quantitative estimate of drug-likeness (QED) is 0.840. The van der Waals surface area contributed by atoms with E-state index in [9.17, 15) is 8.42 Å². The average molecular weight is 296 g/mol. The summed E-state index contributed by atoms with van der Waals surface area (Å²) in [6, 6.07) is 7.39. The van der Waals surface area contributed by atoms with Crippen molar-refractivity contribution < 1.29 is 8.42 Å². The lowest BCUT2D eigenvalue weighted by atomic mass is 10.1. The molecular weight excluding hydrogens is 272 g/mol. The topological polar surface area (TPSA) is 49.4 Å². The first-order chi connectivity index (χ1) is 9.48. The Bertz CT molecular complexity index is 553. The van der Waals surface area contributed by atoms with Crippen LogP contribution in [-0.4, -0.2) is 32.9 Å². The molecule has 1 atom stereocenters. The molecule has 1 aromatic carbocycles. The van der Waals surface area contributed by atoms with Crippen LogP contribution in [0.1, 0.15) is 38.3 Å². The van der Waals surface area contributed by atoms with E-state index < -0.39 is 10.0 Å². The predicted octanol–water partition coefficient (Wildman–Crippen LogP) is 2.39. The van der Waals surface area contributed by atoms with Crippen molar-refractivity contribution in [2.75, 3.05) is 20.1 Å². The van der Waals surface area contributed by atoms with Gasteiger partial charge in [0.25, 0.3) is 0 Å². The second-order valence-electron chi connectivity index (χ2n) is 5.48. The van der Waals surface area contributed by atoms with Gasteiger partial charge in [-0.2, -0.15) is 4.31 Å². The van der Waals surface area contributed by atoms with Crippen LogP contribution in [0.25, 0.3) is 0 Å². The molecule has 0 spiro atoms. The fourth-order valence-corrected chi connectivity index (χ4v) is 3.83. The summed E-state index contributed by atoms with van der Waals surface area (Å²) in [7, 11) is -1.49. The summed E-state index contributed by atoms with van der Waals surface area (Å²) < 4.78 is 27.0. The van der Waals surface area contributed by atoms with Gasteiger partial charge in [0.1, 0.15) is 0 Å². The summed E-state index contributed by atoms with van der Waals surface area (Å²) in [6.07, 6.45) is 2.31. The van der Waals surface area contributed by atoms with E-state index >= 15 is 0 Å². The van der Waals surface area contributed by atoms with E-state index in [0.717, 1.165) is 18.4 Å². The van der Waals surface area contributed by atoms with E-state index in [4.69, 9.17) is 0 Å². The van der Waals surface area contributed by atoms with Crippen molar-refractivity contribution in [2.24, 2.45) is 5.92 Å². The molecule has 112 valence electrons. The van der Waals surface area contributed by atoms with Crippen LogP contribution in [0.2, 0.25) is 0 Å². The molecule has 1 N–H and O–H groups in total. The molecule has 5 heteroatoms. The third-order valence-electron chi connectivity index (χ3n) is 3.94. The summed E-state index contributed by atoms with van der Waals surface area (Å²) >= 11 is 0. The van der Waals surface area contributed by atoms with E-state index in [1.54, 1.807) is 16.4 Å². The second-order valence-corrected chi connectivity index (χ2v) is 7.42. The Balaban J connectivity index is 2.27. The molecule has 1 unspecified atom stereocenters. The first kappa shape index (κ1) is 15.5. The molecule has 0 heterocycles. The first-order valence-corrected chi connectivity index (χ1v) is 8.70. The summed E-state index contributed by atoms with van der Waals surface area (Å²) in [5.41, 5.74) is 0.996. The zero-order valence-corrected chi connectivity index (χ0v) is 13.3. The van der Waals surface area contributed by atoms with Crippen LogP contribution < -0.4 is 5.32 Å². The highest BCUT2D eigenvalue weighted by Gasteiger charge is 2.30. The van der Waals surface area contributed by atoms with E-state index in [1.807, 2.05) is 33.0 Å². The van der Waals surface area contributed by atoms with Gasteiger partial charge in [-0.1, -0.05) is 19.1 Å². The Labute approximate surface area is 122 Å². The van der Waals surface area contributed by atoms with Gasteiger partial charge in [0.15, 0.2) is 0 Å². The van der Waals surface area contributed by atoms with E-state index in [0.29, 0.717) is 23.9 Å². The fourth-order valence-electron chi connectivity index (χ4n) is 2.25. The monoisotopic (exact) mass is 296 g/mol. The van der Waals surface area contributed by atoms with Crippen LogP contribution in [0.5, 0.6) is 0 Å². The first-order valence-electron chi connectivity index (χ1n) is 7.26. The van der Waals surface area contributed by atoms with Crippen LogP contribution >= 0.6 is 0 Å². The molecule has 4 nitrogen and oxygen atoms in total. The molecule has 0 aliphatic heterocycles. The number of nitrogens with zero attached hydrogens (tertiary/aromatic N) is 1. The van der Waals surface area contributed by atoms with Crippen LogP contribution in [0.15, 0.2) is 29.2 Å². The minimum Gasteiger partial charge on any atom is -0.313 e. The maximum absolute atomic E-state index is 12.7. The molecule has 0 amide bonds. The minimum absolute atomic E-state index is 0.142. The van der Waals surface area contributed by atoms with Crippen molar-refractivity contribution >= 4 is 10.0 Å². The molecule has 2 rings (SSSR count). The van der Waals surface area contributed by atoms with Crippen molar-refractivity contribution in [3.63, 3.8) is 0 Å². The Morgan fingerprint density at radius 3 is 2.65 bits per heavy atom. The summed E-state index contributed by atoms with van der Waals surface area (Å²) in [4.78, 5) is 0.402. The van der Waals surface area contributed by atoms with Crippen LogP contribution in [0.3, 0.4) is 0 Å². The highest BCUT2D eigenvalue weighted by atomic mass is 32.2. The Hall–Kier alpha value is -0.910. The Morgan fingerprint density at radius 1 is 1.40 bits per heavy atom. The lowest BCUT2D eigenvalue weighted by Gasteiger charge is -2.21. The molecule has 0 aromatic heterocycles. The molecular formula is C15H24N2O2S. The molecule has 1 saturated carbocycles. The van der Waals surface area contributed by atoms with Crippen molar-refractivity contribution in [2.45, 2.75) is 37.6 Å². The van der Waals surface area contributed by atoms with Gasteiger partial charge in [0.05, 0.1) is 4.90 Å². The molecule has 1 fully saturated rings. The van der Waals surface area contributed by atoms with Crippen LogP contribution in [-0.2, 0) is 10.0 Å². The average Bonchev–Trinajstić information content (AvgIpc) is 3.27. The number of benzene rings is 1. The molecule has 1 aromatic rings. The number of rotatable bonds is 7. The van der Waals surface area contributed by atoms with Gasteiger partial charge in [0.2, 0.25) is 10.0 Å². The number of hydrogen-bond acceptors (Lipinski definition) is 3. The van der Waals surface area contributed by atoms with Crippen LogP contribution in [0.4, 0.5) is 0 Å². The van der Waals surface area contributed by atoms with Crippen molar-refractivity contribution in [3.8, 4) is 0 Å². The van der Waals surface area contributed by atoms with Gasteiger partial charge in [-0.15, -0.1) is 0 Å². The van der Waals surface area contributed by atoms with Gasteiger partial charge < -0.3 is 5.32 Å². The third-order valence-corrected chi connectivity index (χ3v) is 5.88. The number of nitrogens with one attached hydrogen (secondary N) is 1. The molecule has 0 radical (unpaired) electrons. The zero-order valence-electron chi connectivity index (χ0n) is 12.5. The Kier molecular flexibility index (Phi) is 4.83. The number of hydrogen-bond donors (Lipinski definition) is 1. The highest BCUT2D eigenvalue weighted by Crippen LogP contribution is 2.31. The highest BCUT2D eigenvalue weighted by molar-refractivity contribution is 7.89. The number of sulfonamides is 1. The molecule has 1 aliphatic carbocycles. The molecule has 20 heavy (non-hydrogen) atoms. The molecule has 1 aliphatic rings. The van der Waals surface area contributed by atoms with Gasteiger partial charge in [-0.3, -0.25) is 0 Å². The molecule has 0 saturated heterocycles. The van der Waals surface area contributed by atoms with Gasteiger partial charge in [-0.25, -0.2) is 8.42 Å². The van der Waals surface area contributed by atoms with Gasteiger partial charge in [-0.05, 0) is 50.4 Å². The smallest absolute Gasteiger partial charge is 0.243 e. The van der Waals surface area contributed by atoms with E-state index in [-0.39, 0.29) is 6.04 Å². The molecule has 0 bridgehead atoms. The zero-order chi connectivity index (χ0) is 14.8. The van der Waals surface area contributed by atoms with Crippen molar-refractivity contribution in [1.82, 2.24) is 9.62 Å². The van der Waals surface area contributed by atoms with E-state index in [2.05, 4.69) is 5.32 Å². The van der Waals surface area contributed by atoms with Crippen molar-refractivity contribution in [3.05, 3.63) is 29.8 Å². The standard InChI is InChI=1S/C15H24N2O2S/c1-4-17(11-13-8-9-13)20(18,19)15-7-5-6-14(10-15)12(2)16-3/h5-7,10,12-13,16H,4,8-9,11H2,1-3H3. The van der Waals surface area contributed by atoms with Gasteiger partial charge in [0, 0.05) is 19.1 Å². The van der Waals surface area contributed by atoms with Gasteiger partial charge >= 0.3 is 0 Å². The predicted molar refractivity (Wildman–Crippen MR) is 81.1 cm³/mol. The summed E-state index contributed by atoms with van der Waals surface area (Å²) in [5, 5.41) is 3.14. The lowest BCUT2D eigenvalue weighted by Crippen LogP contribution is -2.32. The van der Waals surface area contributed by atoms with E-state index in [1.165, 1.54) is 0 Å². The largest absolute Gasteiger partial charge is 0.313 e. The van der Waals surface area contributed by atoms with Crippen molar-refractivity contribution in [1.29, 1.82) is 0 Å². The maximum atomic E-state index is 12.7. The Morgan fingerprint density at radius 2 is 2.10 bits per heavy atom. The third kappa shape index (κ3) is 3.40. The maximum Gasteiger partial charge on any atom is 0.243 e. The van der Waals surface area contributed by atoms with Crippen LogP contribution in [0, 0.1) is 5.92 Å². The fraction of sp³-hybridized carbons (Fsp3) is 0.600. The minimum atomic E-state index is -3.36. The SMILES string of the molecule is CCN(CC1CC1)S(=O)(=O)c1cccc(C(C)NC)c1. The normalized spacial score (nSPS) is 17.4. The second kappa shape index (κ2) is 6.24.